The molecule has 3 N–H and O–H groups in total. The zero-order chi connectivity index (χ0) is 21.6. The Morgan fingerprint density at radius 2 is 1.83 bits per heavy atom. The van der Waals surface area contributed by atoms with Crippen LogP contribution in [0.5, 0.6) is 0 Å². The van der Waals surface area contributed by atoms with E-state index in [1.54, 1.807) is 6.20 Å². The summed E-state index contributed by atoms with van der Waals surface area (Å²) in [6.07, 6.45) is 0.914. The zero-order valence-corrected chi connectivity index (χ0v) is 17.3. The van der Waals surface area contributed by atoms with E-state index in [0.29, 0.717) is 12.1 Å². The number of nitrogens with one attached hydrogen (secondary N) is 2. The van der Waals surface area contributed by atoms with Gasteiger partial charge in [0.15, 0.2) is 0 Å². The lowest BCUT2D eigenvalue weighted by Gasteiger charge is -2.24. The third-order valence-electron chi connectivity index (χ3n) is 4.57. The number of halogens is 2. The Labute approximate surface area is 170 Å². The molecule has 0 spiro atoms. The number of carbonyl (C=O) groups is 1. The summed E-state index contributed by atoms with van der Waals surface area (Å²) in [5.74, 6) is -1.72. The molecule has 0 saturated heterocycles. The molecule has 5 nitrogen and oxygen atoms in total. The van der Waals surface area contributed by atoms with Crippen LogP contribution in [0, 0.1) is 11.6 Å². The molecule has 2 rings (SSSR count). The number of aliphatic hydroxyl groups is 1. The van der Waals surface area contributed by atoms with Gasteiger partial charge in [-0.1, -0.05) is 20.8 Å². The van der Waals surface area contributed by atoms with Crippen molar-refractivity contribution in [1.29, 1.82) is 0 Å². The highest BCUT2D eigenvalue weighted by molar-refractivity contribution is 5.73. The lowest BCUT2D eigenvalue weighted by molar-refractivity contribution is -0.120. The number of aliphatic hydroxyl groups excluding tert-OH is 1. The molecule has 0 aliphatic rings. The van der Waals surface area contributed by atoms with Crippen molar-refractivity contribution in [1.82, 2.24) is 15.6 Å². The van der Waals surface area contributed by atoms with Crippen LogP contribution in [0.2, 0.25) is 0 Å². The van der Waals surface area contributed by atoms with Crippen molar-refractivity contribution in [2.24, 2.45) is 0 Å². The fraction of sp³-hybridized carbons (Fsp3) is 0.455. The first-order chi connectivity index (χ1) is 13.5. The Balaban J connectivity index is 1.99. The topological polar surface area (TPSA) is 74.2 Å². The van der Waals surface area contributed by atoms with Gasteiger partial charge in [-0.3, -0.25) is 9.78 Å². The molecule has 0 bridgehead atoms. The lowest BCUT2D eigenvalue weighted by atomic mass is 9.87. The molecule has 158 valence electrons. The van der Waals surface area contributed by atoms with Crippen LogP contribution in [0.15, 0.2) is 36.5 Å². The van der Waals surface area contributed by atoms with E-state index in [-0.39, 0.29) is 24.3 Å². The lowest BCUT2D eigenvalue weighted by Crippen LogP contribution is -2.48. The van der Waals surface area contributed by atoms with Crippen molar-refractivity contribution in [3.63, 3.8) is 0 Å². The maximum absolute atomic E-state index is 13.4. The van der Waals surface area contributed by atoms with Crippen LogP contribution in [0.3, 0.4) is 0 Å². The van der Waals surface area contributed by atoms with Crippen molar-refractivity contribution in [2.45, 2.75) is 58.2 Å². The van der Waals surface area contributed by atoms with Crippen LogP contribution in [-0.2, 0) is 23.2 Å². The highest BCUT2D eigenvalue weighted by Crippen LogP contribution is 2.21. The minimum absolute atomic E-state index is 0.00788. The van der Waals surface area contributed by atoms with Crippen molar-refractivity contribution in [3.05, 3.63) is 65.0 Å². The van der Waals surface area contributed by atoms with Gasteiger partial charge in [0.05, 0.1) is 17.8 Å². The molecule has 0 fully saturated rings. The molecular formula is C22H29F2N3O2. The SMILES string of the molecule is CC(=O)N[C@@H](Cc1cc(F)cc(F)c1)[C@@H](O)CNCc1cc(C(C)(C)C)ccn1. The molecule has 29 heavy (non-hydrogen) atoms. The van der Waals surface area contributed by atoms with E-state index in [1.807, 2.05) is 12.1 Å². The first kappa shape index (κ1) is 22.9. The van der Waals surface area contributed by atoms with E-state index in [2.05, 4.69) is 36.4 Å². The molecule has 0 aliphatic heterocycles. The molecule has 2 aromatic rings. The summed E-state index contributed by atoms with van der Waals surface area (Å²) in [5.41, 5.74) is 2.37. The van der Waals surface area contributed by atoms with Gasteiger partial charge >= 0.3 is 0 Å². The van der Waals surface area contributed by atoms with E-state index in [4.69, 9.17) is 0 Å². The number of hydrogen-bond donors (Lipinski definition) is 3. The van der Waals surface area contributed by atoms with Crippen LogP contribution in [-0.4, -0.2) is 34.7 Å². The molecule has 0 unspecified atom stereocenters. The number of benzene rings is 1. The van der Waals surface area contributed by atoms with Crippen LogP contribution in [0.1, 0.15) is 44.5 Å². The van der Waals surface area contributed by atoms with Crippen LogP contribution in [0.4, 0.5) is 8.78 Å². The Morgan fingerprint density at radius 1 is 1.17 bits per heavy atom. The molecule has 0 radical (unpaired) electrons. The third kappa shape index (κ3) is 7.51. The minimum atomic E-state index is -0.948. The normalized spacial score (nSPS) is 13.8. The molecule has 2 atom stereocenters. The highest BCUT2D eigenvalue weighted by atomic mass is 19.1. The number of rotatable bonds is 8. The number of aromatic nitrogens is 1. The Kier molecular flexibility index (Phi) is 7.81. The minimum Gasteiger partial charge on any atom is -0.390 e. The smallest absolute Gasteiger partial charge is 0.217 e. The molecule has 1 aromatic heterocycles. The van der Waals surface area contributed by atoms with Gasteiger partial charge in [0, 0.05) is 32.3 Å². The second-order valence-corrected chi connectivity index (χ2v) is 8.27. The zero-order valence-electron chi connectivity index (χ0n) is 17.3. The summed E-state index contributed by atoms with van der Waals surface area (Å²) >= 11 is 0. The van der Waals surface area contributed by atoms with E-state index in [9.17, 15) is 18.7 Å². The molecule has 1 heterocycles. The second kappa shape index (κ2) is 9.89. The van der Waals surface area contributed by atoms with Crippen molar-refractivity contribution in [3.8, 4) is 0 Å². The summed E-state index contributed by atoms with van der Waals surface area (Å²) < 4.78 is 26.9. The summed E-state index contributed by atoms with van der Waals surface area (Å²) in [5, 5.41) is 16.3. The predicted molar refractivity (Wildman–Crippen MR) is 108 cm³/mol. The van der Waals surface area contributed by atoms with Crippen molar-refractivity contribution in [2.75, 3.05) is 6.54 Å². The fourth-order valence-electron chi connectivity index (χ4n) is 3.06. The average Bonchev–Trinajstić information content (AvgIpc) is 2.59. The standard InChI is InChI=1S/C22H29F2N3O2/c1-14(28)27-20(9-15-7-17(23)11-18(24)8-15)21(29)13-25-12-19-10-16(5-6-26-19)22(2,3)4/h5-8,10-11,20-21,25,29H,9,12-13H2,1-4H3,(H,27,28)/t20-,21-/m0/s1. The van der Waals surface area contributed by atoms with Gasteiger partial charge in [-0.05, 0) is 47.2 Å². The number of carbonyl (C=O) groups excluding carboxylic acids is 1. The number of amides is 1. The second-order valence-electron chi connectivity index (χ2n) is 8.27. The van der Waals surface area contributed by atoms with Crippen LogP contribution in [0.25, 0.3) is 0 Å². The van der Waals surface area contributed by atoms with Gasteiger partial charge in [0.1, 0.15) is 11.6 Å². The van der Waals surface area contributed by atoms with E-state index >= 15 is 0 Å². The fourth-order valence-corrected chi connectivity index (χ4v) is 3.06. The van der Waals surface area contributed by atoms with E-state index in [0.717, 1.165) is 17.3 Å². The van der Waals surface area contributed by atoms with Gasteiger partial charge < -0.3 is 15.7 Å². The molecule has 0 aliphatic carbocycles. The Hall–Kier alpha value is -2.38. The summed E-state index contributed by atoms with van der Waals surface area (Å²) in [6, 6.07) is 6.48. The highest BCUT2D eigenvalue weighted by Gasteiger charge is 2.21. The quantitative estimate of drug-likeness (QED) is 0.631. The van der Waals surface area contributed by atoms with Gasteiger partial charge in [-0.15, -0.1) is 0 Å². The van der Waals surface area contributed by atoms with Gasteiger partial charge in [-0.25, -0.2) is 8.78 Å². The molecule has 7 heteroatoms. The molecule has 1 amide bonds. The molecule has 0 saturated carbocycles. The Morgan fingerprint density at radius 3 is 2.41 bits per heavy atom. The monoisotopic (exact) mass is 405 g/mol. The maximum atomic E-state index is 13.4. The molecule has 1 aromatic carbocycles. The Bertz CT molecular complexity index is 817. The van der Waals surface area contributed by atoms with Crippen molar-refractivity contribution < 1.29 is 18.7 Å². The van der Waals surface area contributed by atoms with Gasteiger partial charge in [-0.2, -0.15) is 0 Å². The van der Waals surface area contributed by atoms with E-state index in [1.165, 1.54) is 19.1 Å². The van der Waals surface area contributed by atoms with E-state index < -0.39 is 23.8 Å². The van der Waals surface area contributed by atoms with Gasteiger partial charge in [0.25, 0.3) is 0 Å². The first-order valence-electron chi connectivity index (χ1n) is 9.61. The van der Waals surface area contributed by atoms with Gasteiger partial charge in [0.2, 0.25) is 5.91 Å². The number of pyridine rings is 1. The average molecular weight is 405 g/mol. The summed E-state index contributed by atoms with van der Waals surface area (Å²) in [4.78, 5) is 15.8. The third-order valence-corrected chi connectivity index (χ3v) is 4.57. The molecular weight excluding hydrogens is 376 g/mol. The number of nitrogens with zero attached hydrogens (tertiary/aromatic N) is 1. The largest absolute Gasteiger partial charge is 0.390 e. The van der Waals surface area contributed by atoms with Crippen molar-refractivity contribution >= 4 is 5.91 Å². The number of hydrogen-bond acceptors (Lipinski definition) is 4. The summed E-state index contributed by atoms with van der Waals surface area (Å²) in [6.45, 7) is 8.33. The van der Waals surface area contributed by atoms with Crippen LogP contribution >= 0.6 is 0 Å². The first-order valence-corrected chi connectivity index (χ1v) is 9.61. The summed E-state index contributed by atoms with van der Waals surface area (Å²) in [7, 11) is 0. The maximum Gasteiger partial charge on any atom is 0.217 e. The van der Waals surface area contributed by atoms with Crippen LogP contribution < -0.4 is 10.6 Å². The predicted octanol–water partition coefficient (Wildman–Crippen LogP) is 2.86.